The maximum absolute atomic E-state index is 12.7. The van der Waals surface area contributed by atoms with Gasteiger partial charge in [-0.25, -0.2) is 4.79 Å². The molecule has 5 atom stereocenters. The molecule has 0 aliphatic carbocycles. The van der Waals surface area contributed by atoms with Crippen LogP contribution in [0.25, 0.3) is 0 Å². The molecule has 5 unspecified atom stereocenters. The first-order valence-corrected chi connectivity index (χ1v) is 11.5. The summed E-state index contributed by atoms with van der Waals surface area (Å²) in [6.07, 6.45) is 0.388. The molecular weight excluding hydrogens is 442 g/mol. The van der Waals surface area contributed by atoms with Gasteiger partial charge in [0.1, 0.15) is 18.1 Å². The minimum absolute atomic E-state index is 0.00933. The molecule has 12 nitrogen and oxygen atoms in total. The molecule has 0 bridgehead atoms. The van der Waals surface area contributed by atoms with Crippen molar-refractivity contribution in [3.63, 3.8) is 0 Å². The number of carbonyl (C=O) groups excluding carboxylic acids is 4. The predicted molar refractivity (Wildman–Crippen MR) is 119 cm³/mol. The Bertz CT molecular complexity index is 674. The molecule has 4 amide bonds. The number of carboxylic acids is 1. The lowest BCUT2D eigenvalue weighted by atomic mass is 10.0. The zero-order valence-electron chi connectivity index (χ0n) is 18.8. The molecule has 0 rings (SSSR count). The Morgan fingerprint density at radius 2 is 1.50 bits per heavy atom. The molecule has 0 radical (unpaired) electrons. The topological polar surface area (TPSA) is 214 Å². The van der Waals surface area contributed by atoms with Crippen LogP contribution in [0.2, 0.25) is 0 Å². The predicted octanol–water partition coefficient (Wildman–Crippen LogP) is -2.09. The van der Waals surface area contributed by atoms with Crippen molar-refractivity contribution in [1.29, 1.82) is 0 Å². The quantitative estimate of drug-likeness (QED) is 0.137. The fourth-order valence-corrected chi connectivity index (χ4v) is 3.18. The van der Waals surface area contributed by atoms with E-state index < -0.39 is 66.3 Å². The first-order chi connectivity index (χ1) is 14.8. The number of aliphatic hydroxyl groups excluding tert-OH is 1. The van der Waals surface area contributed by atoms with E-state index in [1.807, 2.05) is 13.8 Å². The van der Waals surface area contributed by atoms with Crippen molar-refractivity contribution in [1.82, 2.24) is 16.0 Å². The molecule has 0 aromatic heterocycles. The summed E-state index contributed by atoms with van der Waals surface area (Å²) in [7, 11) is 0. The van der Waals surface area contributed by atoms with Crippen LogP contribution in [-0.2, 0) is 24.0 Å². The SMILES string of the molecule is CSCCC(NC(=O)C(NC(=O)C(N)CC(N)=O)C(C)O)C(=O)NC(CC(C)C)C(=O)O. The number of primary amides is 1. The van der Waals surface area contributed by atoms with Gasteiger partial charge in [0.2, 0.25) is 23.6 Å². The van der Waals surface area contributed by atoms with Gasteiger partial charge in [-0.15, -0.1) is 0 Å². The highest BCUT2D eigenvalue weighted by Gasteiger charge is 2.32. The van der Waals surface area contributed by atoms with Crippen molar-refractivity contribution in [2.75, 3.05) is 12.0 Å². The van der Waals surface area contributed by atoms with Crippen LogP contribution in [0.1, 0.15) is 40.0 Å². The van der Waals surface area contributed by atoms with Crippen LogP contribution in [0.15, 0.2) is 0 Å². The van der Waals surface area contributed by atoms with Gasteiger partial charge in [0.25, 0.3) is 0 Å². The van der Waals surface area contributed by atoms with Crippen LogP contribution in [0.3, 0.4) is 0 Å². The van der Waals surface area contributed by atoms with Crippen LogP contribution in [-0.4, -0.2) is 82.1 Å². The summed E-state index contributed by atoms with van der Waals surface area (Å²) in [5.74, 6) is -3.95. The Balaban J connectivity index is 5.39. The van der Waals surface area contributed by atoms with Crippen molar-refractivity contribution >= 4 is 41.4 Å². The first-order valence-electron chi connectivity index (χ1n) is 10.1. The number of hydrogen-bond donors (Lipinski definition) is 7. The van der Waals surface area contributed by atoms with Gasteiger partial charge < -0.3 is 37.6 Å². The minimum atomic E-state index is -1.46. The van der Waals surface area contributed by atoms with Gasteiger partial charge in [-0.05, 0) is 37.7 Å². The fraction of sp³-hybridized carbons (Fsp3) is 0.737. The lowest BCUT2D eigenvalue weighted by Crippen LogP contribution is -2.60. The maximum Gasteiger partial charge on any atom is 0.326 e. The second kappa shape index (κ2) is 14.6. The second-order valence-corrected chi connectivity index (χ2v) is 8.86. The van der Waals surface area contributed by atoms with E-state index in [9.17, 15) is 34.2 Å². The molecule has 13 heteroatoms. The number of rotatable bonds is 15. The Labute approximate surface area is 191 Å². The van der Waals surface area contributed by atoms with E-state index in [2.05, 4.69) is 16.0 Å². The normalized spacial score (nSPS) is 15.7. The van der Waals surface area contributed by atoms with Gasteiger partial charge in [0.05, 0.1) is 18.6 Å². The molecule has 0 saturated heterocycles. The summed E-state index contributed by atoms with van der Waals surface area (Å²) in [4.78, 5) is 59.9. The first kappa shape index (κ1) is 29.6. The van der Waals surface area contributed by atoms with Crippen molar-refractivity contribution in [2.24, 2.45) is 17.4 Å². The molecule has 0 fully saturated rings. The van der Waals surface area contributed by atoms with Crippen LogP contribution in [0, 0.1) is 5.92 Å². The third kappa shape index (κ3) is 11.3. The number of carboxylic acid groups (broad SMARTS) is 1. The summed E-state index contributed by atoms with van der Waals surface area (Å²) in [5, 5.41) is 26.4. The van der Waals surface area contributed by atoms with Crippen LogP contribution < -0.4 is 27.4 Å². The minimum Gasteiger partial charge on any atom is -0.480 e. The third-order valence-electron chi connectivity index (χ3n) is 4.39. The van der Waals surface area contributed by atoms with Gasteiger partial charge in [-0.3, -0.25) is 19.2 Å². The van der Waals surface area contributed by atoms with Crippen LogP contribution in [0.4, 0.5) is 0 Å². The summed E-state index contributed by atoms with van der Waals surface area (Å²) in [5.41, 5.74) is 10.6. The number of aliphatic hydroxyl groups is 1. The Morgan fingerprint density at radius 1 is 0.938 bits per heavy atom. The largest absolute Gasteiger partial charge is 0.480 e. The molecule has 0 heterocycles. The monoisotopic (exact) mass is 477 g/mol. The van der Waals surface area contributed by atoms with E-state index in [0.29, 0.717) is 5.75 Å². The average molecular weight is 478 g/mol. The number of aliphatic carboxylic acids is 1. The molecular formula is C19H35N5O7S. The van der Waals surface area contributed by atoms with Gasteiger partial charge in [0, 0.05) is 0 Å². The van der Waals surface area contributed by atoms with E-state index in [1.54, 1.807) is 6.26 Å². The Morgan fingerprint density at radius 3 is 1.94 bits per heavy atom. The smallest absolute Gasteiger partial charge is 0.326 e. The van der Waals surface area contributed by atoms with Gasteiger partial charge >= 0.3 is 5.97 Å². The average Bonchev–Trinajstić information content (AvgIpc) is 2.66. The summed E-state index contributed by atoms with van der Waals surface area (Å²) < 4.78 is 0. The molecule has 9 N–H and O–H groups in total. The lowest BCUT2D eigenvalue weighted by Gasteiger charge is -2.26. The number of thioether (sulfide) groups is 1. The molecule has 0 aromatic carbocycles. The summed E-state index contributed by atoms with van der Waals surface area (Å²) in [6, 6.07) is -5.00. The molecule has 0 aromatic rings. The number of hydrogen-bond acceptors (Lipinski definition) is 8. The zero-order chi connectivity index (χ0) is 25.0. The van der Waals surface area contributed by atoms with E-state index in [-0.39, 0.29) is 18.8 Å². The number of nitrogens with one attached hydrogen (secondary N) is 3. The molecule has 0 aliphatic rings. The highest BCUT2D eigenvalue weighted by Crippen LogP contribution is 2.08. The Kier molecular flexibility index (Phi) is 13.5. The zero-order valence-corrected chi connectivity index (χ0v) is 19.6. The number of amides is 4. The second-order valence-electron chi connectivity index (χ2n) is 7.88. The van der Waals surface area contributed by atoms with Crippen molar-refractivity contribution < 1.29 is 34.2 Å². The number of carbonyl (C=O) groups is 5. The maximum atomic E-state index is 12.7. The van der Waals surface area contributed by atoms with Crippen molar-refractivity contribution in [3.05, 3.63) is 0 Å². The van der Waals surface area contributed by atoms with Gasteiger partial charge in [-0.1, -0.05) is 13.8 Å². The van der Waals surface area contributed by atoms with Crippen molar-refractivity contribution in [2.45, 2.75) is 70.3 Å². The molecule has 0 aliphatic heterocycles. The molecule has 0 saturated carbocycles. The standard InChI is InChI=1S/C19H35N5O7S/c1-9(2)7-13(19(30)31)23-17(28)12(5-6-32-4)22-18(29)15(10(3)25)24-16(27)11(20)8-14(21)26/h9-13,15,25H,5-8,20H2,1-4H3,(H2,21,26)(H,22,29)(H,23,28)(H,24,27)(H,30,31). The summed E-state index contributed by atoms with van der Waals surface area (Å²) >= 11 is 1.42. The lowest BCUT2D eigenvalue weighted by molar-refractivity contribution is -0.143. The van der Waals surface area contributed by atoms with Crippen LogP contribution in [0.5, 0.6) is 0 Å². The molecule has 32 heavy (non-hydrogen) atoms. The summed E-state index contributed by atoms with van der Waals surface area (Å²) in [6.45, 7) is 4.88. The van der Waals surface area contributed by atoms with E-state index >= 15 is 0 Å². The van der Waals surface area contributed by atoms with Gasteiger partial charge in [-0.2, -0.15) is 11.8 Å². The fourth-order valence-electron chi connectivity index (χ4n) is 2.71. The highest BCUT2D eigenvalue weighted by atomic mass is 32.2. The van der Waals surface area contributed by atoms with Crippen LogP contribution >= 0.6 is 11.8 Å². The van der Waals surface area contributed by atoms with E-state index in [1.165, 1.54) is 18.7 Å². The van der Waals surface area contributed by atoms with Crippen molar-refractivity contribution in [3.8, 4) is 0 Å². The van der Waals surface area contributed by atoms with Gasteiger partial charge in [0.15, 0.2) is 0 Å². The number of nitrogens with two attached hydrogens (primary N) is 2. The van der Waals surface area contributed by atoms with E-state index in [4.69, 9.17) is 11.5 Å². The third-order valence-corrected chi connectivity index (χ3v) is 5.03. The van der Waals surface area contributed by atoms with E-state index in [0.717, 1.165) is 0 Å². The Hall–Kier alpha value is -2.38. The molecule has 0 spiro atoms. The molecule has 184 valence electrons. The highest BCUT2D eigenvalue weighted by molar-refractivity contribution is 7.98.